The molecule has 0 aliphatic rings. The van der Waals surface area contributed by atoms with Gasteiger partial charge in [-0.05, 0) is 18.6 Å². The van der Waals surface area contributed by atoms with Gasteiger partial charge in [-0.2, -0.15) is 8.42 Å². The lowest BCUT2D eigenvalue weighted by molar-refractivity contribution is -0.129. The highest BCUT2D eigenvalue weighted by Gasteiger charge is 2.22. The Labute approximate surface area is 160 Å². The van der Waals surface area contributed by atoms with E-state index < -0.39 is 44.4 Å². The van der Waals surface area contributed by atoms with Gasteiger partial charge in [0.1, 0.15) is 16.4 Å². The molecule has 1 aromatic carbocycles. The van der Waals surface area contributed by atoms with E-state index in [0.717, 1.165) is 6.07 Å². The minimum absolute atomic E-state index is 0.0425. The zero-order valence-corrected chi connectivity index (χ0v) is 15.9. The van der Waals surface area contributed by atoms with E-state index in [1.54, 1.807) is 6.92 Å². The lowest BCUT2D eigenvalue weighted by Crippen LogP contribution is -2.49. The van der Waals surface area contributed by atoms with Gasteiger partial charge in [0.05, 0.1) is 6.04 Å². The van der Waals surface area contributed by atoms with E-state index in [1.807, 2.05) is 0 Å². The van der Waals surface area contributed by atoms with Crippen molar-refractivity contribution in [2.75, 3.05) is 0 Å². The number of halogens is 1. The minimum atomic E-state index is -4.72. The van der Waals surface area contributed by atoms with E-state index in [4.69, 9.17) is 21.9 Å². The first kappa shape index (κ1) is 22.8. The number of benzene rings is 1. The van der Waals surface area contributed by atoms with Crippen LogP contribution < -0.4 is 16.6 Å². The smallest absolute Gasteiger partial charge is 0.298 e. The van der Waals surface area contributed by atoms with Crippen LogP contribution in [-0.4, -0.2) is 41.7 Å². The molecule has 0 aromatic heterocycles. The molecular formula is C15H20ClN3O7S. The molecule has 1 aromatic rings. The van der Waals surface area contributed by atoms with E-state index in [9.17, 15) is 27.9 Å². The summed E-state index contributed by atoms with van der Waals surface area (Å²) in [6, 6.07) is 0.981. The summed E-state index contributed by atoms with van der Waals surface area (Å²) in [6.45, 7) is 1.60. The van der Waals surface area contributed by atoms with Gasteiger partial charge in [-0.15, -0.1) is 0 Å². The van der Waals surface area contributed by atoms with Gasteiger partial charge in [-0.25, -0.2) is 0 Å². The van der Waals surface area contributed by atoms with Crippen LogP contribution in [-0.2, 0) is 30.9 Å². The molecule has 12 heteroatoms. The molecule has 1 rings (SSSR count). The Kier molecular flexibility index (Phi) is 8.16. The summed E-state index contributed by atoms with van der Waals surface area (Å²) in [5, 5.41) is 9.84. The van der Waals surface area contributed by atoms with Crippen molar-refractivity contribution in [2.45, 2.75) is 43.5 Å². The highest BCUT2D eigenvalue weighted by molar-refractivity contribution is 7.86. The molecular weight excluding hydrogens is 402 g/mol. The number of phenols is 1. The number of carbonyl (C=O) groups is 3. The van der Waals surface area contributed by atoms with Crippen molar-refractivity contribution in [2.24, 2.45) is 5.73 Å². The van der Waals surface area contributed by atoms with Crippen molar-refractivity contribution >= 4 is 39.3 Å². The van der Waals surface area contributed by atoms with Crippen molar-refractivity contribution in [3.63, 3.8) is 0 Å². The van der Waals surface area contributed by atoms with Crippen molar-refractivity contribution in [3.05, 3.63) is 22.7 Å². The van der Waals surface area contributed by atoms with Gasteiger partial charge in [0.25, 0.3) is 16.0 Å². The lowest BCUT2D eigenvalue weighted by atomic mass is 10.0. The summed E-state index contributed by atoms with van der Waals surface area (Å²) in [4.78, 5) is 34.0. The molecule has 0 heterocycles. The maximum absolute atomic E-state index is 12.1. The molecule has 10 nitrogen and oxygen atoms in total. The topological polar surface area (TPSA) is 176 Å². The Morgan fingerprint density at radius 2 is 1.89 bits per heavy atom. The van der Waals surface area contributed by atoms with Crippen LogP contribution >= 0.6 is 11.6 Å². The van der Waals surface area contributed by atoms with Gasteiger partial charge in [-0.1, -0.05) is 18.5 Å². The number of hydrogen-bond acceptors (Lipinski definition) is 7. The first-order valence-electron chi connectivity index (χ1n) is 7.80. The normalized spacial score (nSPS) is 12.3. The monoisotopic (exact) mass is 421 g/mol. The fourth-order valence-electron chi connectivity index (χ4n) is 2.02. The number of hydrazine groups is 1. The highest BCUT2D eigenvalue weighted by Crippen LogP contribution is 2.31. The Balaban J connectivity index is 2.69. The Bertz CT molecular complexity index is 842. The fraction of sp³-hybridized carbons (Fsp3) is 0.400. The maximum atomic E-state index is 12.1. The second-order valence-corrected chi connectivity index (χ2v) is 7.46. The summed E-state index contributed by atoms with van der Waals surface area (Å²) >= 11 is 5.75. The van der Waals surface area contributed by atoms with Crippen LogP contribution in [0.1, 0.15) is 31.7 Å². The molecule has 0 saturated carbocycles. The minimum Gasteiger partial charge on any atom is -0.506 e. The number of nitrogens with one attached hydrogen (secondary N) is 2. The molecule has 0 aliphatic heterocycles. The SMILES string of the molecule is CCC(=O)NNC(=O)[C@@H](N)CCC(=O)Cc1cc(Cl)cc(S(=O)(=O)O)c1O. The molecule has 150 valence electrons. The molecule has 6 N–H and O–H groups in total. The van der Waals surface area contributed by atoms with E-state index in [0.29, 0.717) is 0 Å². The average molecular weight is 422 g/mol. The Morgan fingerprint density at radius 3 is 2.44 bits per heavy atom. The van der Waals surface area contributed by atoms with Crippen LogP contribution in [0.5, 0.6) is 5.75 Å². The van der Waals surface area contributed by atoms with Gasteiger partial charge < -0.3 is 10.8 Å². The summed E-state index contributed by atoms with van der Waals surface area (Å²) in [5.74, 6) is -2.31. The molecule has 0 radical (unpaired) electrons. The zero-order valence-electron chi connectivity index (χ0n) is 14.4. The second-order valence-electron chi connectivity index (χ2n) is 5.64. The molecule has 0 aliphatic carbocycles. The van der Waals surface area contributed by atoms with Crippen LogP contribution in [0.15, 0.2) is 17.0 Å². The number of hydrogen-bond donors (Lipinski definition) is 5. The number of Topliss-reactive ketones (excluding diaryl/α,β-unsaturated/α-hetero) is 1. The third kappa shape index (κ3) is 7.13. The number of carbonyl (C=O) groups excluding carboxylic acids is 3. The zero-order chi connectivity index (χ0) is 20.8. The number of ketones is 1. The van der Waals surface area contributed by atoms with Gasteiger partial charge in [-0.3, -0.25) is 29.8 Å². The number of nitrogens with two attached hydrogens (primary N) is 1. The van der Waals surface area contributed by atoms with Gasteiger partial charge in [0, 0.05) is 29.8 Å². The Hall–Kier alpha value is -2.21. The van der Waals surface area contributed by atoms with Crippen LogP contribution in [0.4, 0.5) is 0 Å². The van der Waals surface area contributed by atoms with Gasteiger partial charge >= 0.3 is 0 Å². The molecule has 1 atom stereocenters. The summed E-state index contributed by atoms with van der Waals surface area (Å²) < 4.78 is 31.5. The molecule has 27 heavy (non-hydrogen) atoms. The highest BCUT2D eigenvalue weighted by atomic mass is 35.5. The van der Waals surface area contributed by atoms with Crippen LogP contribution in [0.25, 0.3) is 0 Å². The van der Waals surface area contributed by atoms with Crippen molar-refractivity contribution in [3.8, 4) is 5.75 Å². The third-order valence-corrected chi connectivity index (χ3v) is 4.59. The van der Waals surface area contributed by atoms with Crippen LogP contribution in [0.3, 0.4) is 0 Å². The van der Waals surface area contributed by atoms with Gasteiger partial charge in [0.2, 0.25) is 5.91 Å². The molecule has 0 spiro atoms. The van der Waals surface area contributed by atoms with E-state index in [-0.39, 0.29) is 36.3 Å². The third-order valence-electron chi connectivity index (χ3n) is 3.50. The van der Waals surface area contributed by atoms with Gasteiger partial charge in [0.15, 0.2) is 0 Å². The van der Waals surface area contributed by atoms with E-state index >= 15 is 0 Å². The second kappa shape index (κ2) is 9.65. The molecule has 0 saturated heterocycles. The largest absolute Gasteiger partial charge is 0.506 e. The molecule has 0 unspecified atom stereocenters. The quantitative estimate of drug-likeness (QED) is 0.289. The van der Waals surface area contributed by atoms with Crippen molar-refractivity contribution < 1.29 is 32.5 Å². The van der Waals surface area contributed by atoms with E-state index in [1.165, 1.54) is 6.07 Å². The van der Waals surface area contributed by atoms with Crippen molar-refractivity contribution in [1.82, 2.24) is 10.9 Å². The fourth-order valence-corrected chi connectivity index (χ4v) is 2.98. The number of aromatic hydroxyl groups is 1. The molecule has 0 fully saturated rings. The number of phenolic OH excluding ortho intramolecular Hbond substituents is 1. The van der Waals surface area contributed by atoms with E-state index in [2.05, 4.69) is 10.9 Å². The number of rotatable bonds is 8. The summed E-state index contributed by atoms with van der Waals surface area (Å²) in [6.07, 6.45) is -0.402. The predicted octanol–water partition coefficient (Wildman–Crippen LogP) is 0.0688. The molecule has 2 amide bonds. The number of amides is 2. The van der Waals surface area contributed by atoms with Crippen molar-refractivity contribution in [1.29, 1.82) is 0 Å². The lowest BCUT2D eigenvalue weighted by Gasteiger charge is -2.13. The maximum Gasteiger partial charge on any atom is 0.298 e. The first-order chi connectivity index (χ1) is 12.5. The predicted molar refractivity (Wildman–Crippen MR) is 95.4 cm³/mol. The summed E-state index contributed by atoms with van der Waals surface area (Å²) in [7, 11) is -4.72. The van der Waals surface area contributed by atoms with Crippen LogP contribution in [0.2, 0.25) is 5.02 Å². The summed E-state index contributed by atoms with van der Waals surface area (Å²) in [5.41, 5.74) is 9.80. The molecule has 0 bridgehead atoms. The van der Waals surface area contributed by atoms with Crippen LogP contribution in [0, 0.1) is 0 Å². The average Bonchev–Trinajstić information content (AvgIpc) is 2.58. The Morgan fingerprint density at radius 1 is 1.26 bits per heavy atom. The first-order valence-corrected chi connectivity index (χ1v) is 9.62. The standard InChI is InChI=1S/C15H20ClN3O7S/c1-2-13(21)18-19-15(23)11(17)4-3-10(20)6-8-5-9(16)7-12(14(8)22)27(24,25)26/h5,7,11,22H,2-4,6,17H2,1H3,(H,18,21)(H,19,23)(H,24,25,26)/t11-/m0/s1.